The number of hydrogen-bond donors (Lipinski definition) is 1. The van der Waals surface area contributed by atoms with Gasteiger partial charge >= 0.3 is 6.09 Å². The summed E-state index contributed by atoms with van der Waals surface area (Å²) in [5.74, 6) is 0.982. The molecule has 1 aliphatic heterocycles. The first kappa shape index (κ1) is 24.7. The molecule has 0 atom stereocenters. The zero-order valence-electron chi connectivity index (χ0n) is 21.0. The molecule has 186 valence electrons. The van der Waals surface area contributed by atoms with Crippen LogP contribution in [-0.2, 0) is 4.74 Å². The third kappa shape index (κ3) is 5.82. The Morgan fingerprint density at radius 1 is 1.29 bits per heavy atom. The molecule has 10 heteroatoms. The molecule has 4 heterocycles. The summed E-state index contributed by atoms with van der Waals surface area (Å²) in [5, 5.41) is 4.30. The Morgan fingerprint density at radius 2 is 2.03 bits per heavy atom. The summed E-state index contributed by atoms with van der Waals surface area (Å²) in [4.78, 5) is 25.2. The van der Waals surface area contributed by atoms with Crippen molar-refractivity contribution in [2.24, 2.45) is 0 Å². The van der Waals surface area contributed by atoms with Crippen LogP contribution in [0.3, 0.4) is 0 Å². The fourth-order valence-corrected chi connectivity index (χ4v) is 4.79. The van der Waals surface area contributed by atoms with Gasteiger partial charge in [-0.15, -0.1) is 0 Å². The number of amides is 1. The average molecular weight is 496 g/mol. The first-order chi connectivity index (χ1) is 16.6. The Hall–Kier alpha value is -3.40. The van der Waals surface area contributed by atoms with Crippen molar-refractivity contribution in [3.63, 3.8) is 0 Å². The second-order valence-corrected chi connectivity index (χ2v) is 10.7. The highest BCUT2D eigenvalue weighted by molar-refractivity contribution is 7.10. The Morgan fingerprint density at radius 3 is 2.69 bits per heavy atom. The van der Waals surface area contributed by atoms with Crippen molar-refractivity contribution >= 4 is 39.7 Å². The smallest absolute Gasteiger partial charge is 0.410 e. The third-order valence-electron chi connectivity index (χ3n) is 5.68. The normalized spacial score (nSPS) is 15.3. The molecule has 1 fully saturated rings. The van der Waals surface area contributed by atoms with E-state index >= 15 is 0 Å². The van der Waals surface area contributed by atoms with E-state index in [2.05, 4.69) is 32.3 Å². The maximum Gasteiger partial charge on any atom is 0.410 e. The van der Waals surface area contributed by atoms with Gasteiger partial charge in [0.25, 0.3) is 0 Å². The number of imidazole rings is 1. The molecule has 0 bridgehead atoms. The van der Waals surface area contributed by atoms with Crippen molar-refractivity contribution in [2.75, 3.05) is 32.5 Å². The van der Waals surface area contributed by atoms with Crippen molar-refractivity contribution in [1.29, 1.82) is 0 Å². The van der Waals surface area contributed by atoms with Crippen molar-refractivity contribution in [1.82, 2.24) is 28.5 Å². The fraction of sp³-hybridized carbons (Fsp3) is 0.440. The number of nitrogens with zero attached hydrogens (tertiary/aromatic N) is 6. The molecule has 1 N–H and O–H groups in total. The van der Waals surface area contributed by atoms with Gasteiger partial charge in [0, 0.05) is 57.3 Å². The quantitative estimate of drug-likeness (QED) is 0.474. The zero-order valence-corrected chi connectivity index (χ0v) is 21.8. The van der Waals surface area contributed by atoms with Crippen molar-refractivity contribution < 1.29 is 9.53 Å². The first-order valence-electron chi connectivity index (χ1n) is 11.7. The molecule has 0 spiro atoms. The lowest BCUT2D eigenvalue weighted by molar-refractivity contribution is 0.0204. The van der Waals surface area contributed by atoms with Crippen LogP contribution >= 0.6 is 11.5 Å². The number of hydrogen-bond acceptors (Lipinski definition) is 8. The van der Waals surface area contributed by atoms with Crippen LogP contribution in [0.2, 0.25) is 0 Å². The van der Waals surface area contributed by atoms with Gasteiger partial charge in [0.05, 0.1) is 17.6 Å². The van der Waals surface area contributed by atoms with E-state index in [1.165, 1.54) is 11.5 Å². The zero-order chi connectivity index (χ0) is 25.2. The van der Waals surface area contributed by atoms with Crippen LogP contribution < -0.4 is 5.32 Å². The number of piperidine rings is 1. The molecule has 0 aromatic carbocycles. The number of carbonyl (C=O) groups is 1. The summed E-state index contributed by atoms with van der Waals surface area (Å²) in [6, 6.07) is 2.08. The Bertz CT molecular complexity index is 1230. The lowest BCUT2D eigenvalue weighted by Crippen LogP contribution is -2.41. The Balaban J connectivity index is 1.45. The van der Waals surface area contributed by atoms with E-state index in [0.717, 1.165) is 40.5 Å². The molecule has 3 aromatic heterocycles. The summed E-state index contributed by atoms with van der Waals surface area (Å²) in [6.07, 6.45) is 10.8. The molecule has 1 amide bonds. The number of anilines is 2. The molecule has 1 aliphatic rings. The van der Waals surface area contributed by atoms with E-state index in [0.29, 0.717) is 24.8 Å². The van der Waals surface area contributed by atoms with E-state index in [9.17, 15) is 4.79 Å². The number of rotatable bonds is 6. The van der Waals surface area contributed by atoms with Crippen molar-refractivity contribution in [3.8, 4) is 0 Å². The lowest BCUT2D eigenvalue weighted by Gasteiger charge is -2.32. The van der Waals surface area contributed by atoms with E-state index < -0.39 is 5.60 Å². The Kier molecular flexibility index (Phi) is 7.11. The summed E-state index contributed by atoms with van der Waals surface area (Å²) < 4.78 is 12.2. The first-order valence-corrected chi connectivity index (χ1v) is 12.5. The van der Waals surface area contributed by atoms with E-state index in [4.69, 9.17) is 4.74 Å². The van der Waals surface area contributed by atoms with Gasteiger partial charge in [-0.2, -0.15) is 4.37 Å². The molecule has 0 aliphatic carbocycles. The molecule has 1 saturated heterocycles. The maximum absolute atomic E-state index is 12.3. The topological polar surface area (TPSA) is 87.9 Å². The average Bonchev–Trinajstić information content (AvgIpc) is 3.44. The van der Waals surface area contributed by atoms with Gasteiger partial charge in [0.15, 0.2) is 11.5 Å². The molecular formula is C25H33N7O2S. The molecule has 9 nitrogen and oxygen atoms in total. The van der Waals surface area contributed by atoms with Crippen LogP contribution in [0.15, 0.2) is 43.5 Å². The van der Waals surface area contributed by atoms with Gasteiger partial charge in [-0.3, -0.25) is 4.40 Å². The van der Waals surface area contributed by atoms with Crippen LogP contribution in [0.1, 0.15) is 50.9 Å². The molecule has 3 aromatic rings. The lowest BCUT2D eigenvalue weighted by atomic mass is 9.94. The molecule has 4 rings (SSSR count). The summed E-state index contributed by atoms with van der Waals surface area (Å²) in [6.45, 7) is 10.9. The SMILES string of the molecule is C=C/C(=C\N(C)C)c1cnc2c(Nc3cc(C4CCN(C(=O)OC(C)(C)C)CC4)ns3)nccn12. The van der Waals surface area contributed by atoms with Gasteiger partial charge in [0.1, 0.15) is 10.6 Å². The molecular weight excluding hydrogens is 462 g/mol. The number of nitrogens with one attached hydrogen (secondary N) is 1. The predicted octanol–water partition coefficient (Wildman–Crippen LogP) is 5.13. The minimum Gasteiger partial charge on any atom is -0.444 e. The standard InChI is InChI=1S/C25H33N7O2S/c1-7-17(16-30(5)6)20-15-27-23-22(26-10-13-32(20)23)28-21-14-19(29-35-21)18-8-11-31(12-9-18)24(33)34-25(2,3)4/h7,10,13-16,18H,1,8-9,11-12H2,2-6H3,(H,26,28)/b17-16+. The third-order valence-corrected chi connectivity index (χ3v) is 6.39. The second-order valence-electron chi connectivity index (χ2n) is 9.85. The minimum absolute atomic E-state index is 0.241. The largest absolute Gasteiger partial charge is 0.444 e. The van der Waals surface area contributed by atoms with Crippen LogP contribution in [0, 0.1) is 0 Å². The second kappa shape index (κ2) is 10.1. The summed E-state index contributed by atoms with van der Waals surface area (Å²) in [5.41, 5.74) is 3.20. The van der Waals surface area contributed by atoms with Crippen LogP contribution in [0.5, 0.6) is 0 Å². The van der Waals surface area contributed by atoms with Crippen molar-refractivity contribution in [2.45, 2.75) is 45.1 Å². The molecule has 0 unspecified atom stereocenters. The van der Waals surface area contributed by atoms with E-state index in [1.807, 2.05) is 68.8 Å². The number of aromatic nitrogens is 4. The van der Waals surface area contributed by atoms with Gasteiger partial charge in [-0.05, 0) is 51.2 Å². The summed E-state index contributed by atoms with van der Waals surface area (Å²) in [7, 11) is 3.95. The molecule has 0 saturated carbocycles. The van der Waals surface area contributed by atoms with Crippen molar-refractivity contribution in [3.05, 3.63) is 54.9 Å². The number of allylic oxidation sites excluding steroid dienone is 2. The monoisotopic (exact) mass is 495 g/mol. The Labute approximate surface area is 210 Å². The highest BCUT2D eigenvalue weighted by atomic mass is 32.1. The highest BCUT2D eigenvalue weighted by Gasteiger charge is 2.28. The number of ether oxygens (including phenoxy) is 1. The van der Waals surface area contributed by atoms with Gasteiger partial charge in [0.2, 0.25) is 0 Å². The van der Waals surface area contributed by atoms with Gasteiger partial charge in [-0.1, -0.05) is 12.7 Å². The van der Waals surface area contributed by atoms with Crippen LogP contribution in [-0.4, -0.2) is 67.4 Å². The van der Waals surface area contributed by atoms with E-state index in [1.54, 1.807) is 11.1 Å². The minimum atomic E-state index is -0.480. The molecule has 35 heavy (non-hydrogen) atoms. The van der Waals surface area contributed by atoms with Gasteiger partial charge < -0.3 is 19.9 Å². The van der Waals surface area contributed by atoms with Gasteiger partial charge in [-0.25, -0.2) is 14.8 Å². The predicted molar refractivity (Wildman–Crippen MR) is 140 cm³/mol. The number of likely N-dealkylation sites (tertiary alicyclic amines) is 1. The van der Waals surface area contributed by atoms with E-state index in [-0.39, 0.29) is 6.09 Å². The number of fused-ring (bicyclic) bond motifs is 1. The molecule has 0 radical (unpaired) electrons. The van der Waals surface area contributed by atoms with Crippen LogP contribution in [0.4, 0.5) is 15.6 Å². The van der Waals surface area contributed by atoms with Crippen LogP contribution in [0.25, 0.3) is 11.2 Å². The maximum atomic E-state index is 12.3. The highest BCUT2D eigenvalue weighted by Crippen LogP contribution is 2.33. The number of carbonyl (C=O) groups excluding carboxylic acids is 1. The summed E-state index contributed by atoms with van der Waals surface area (Å²) >= 11 is 1.41. The fourth-order valence-electron chi connectivity index (χ4n) is 4.06.